The van der Waals surface area contributed by atoms with E-state index in [1.54, 1.807) is 0 Å². The number of rotatable bonds is 2. The van der Waals surface area contributed by atoms with Gasteiger partial charge in [-0.15, -0.1) is 0 Å². The van der Waals surface area contributed by atoms with E-state index in [1.807, 2.05) is 0 Å². The lowest BCUT2D eigenvalue weighted by atomic mass is 10.1. The largest absolute Gasteiger partial charge is 0.399 e. The molecular formula is C8H7F4N. The molecule has 1 rings (SSSR count). The Kier molecular flexibility index (Phi) is 2.75. The minimum Gasteiger partial charge on any atom is -0.399 e. The van der Waals surface area contributed by atoms with Crippen molar-refractivity contribution < 1.29 is 17.6 Å². The maximum atomic E-state index is 12.2. The van der Waals surface area contributed by atoms with Crippen LogP contribution in [0.3, 0.4) is 0 Å². The van der Waals surface area contributed by atoms with Gasteiger partial charge >= 0.3 is 0 Å². The van der Waals surface area contributed by atoms with Gasteiger partial charge < -0.3 is 5.73 Å². The van der Waals surface area contributed by atoms with E-state index < -0.39 is 24.0 Å². The van der Waals surface area contributed by atoms with E-state index in [0.717, 1.165) is 12.1 Å². The Labute approximate surface area is 72.2 Å². The smallest absolute Gasteiger partial charge is 0.264 e. The van der Waals surface area contributed by atoms with Gasteiger partial charge in [-0.05, 0) is 12.1 Å². The van der Waals surface area contributed by atoms with Gasteiger partial charge in [0.1, 0.15) is 0 Å². The molecule has 0 spiro atoms. The zero-order chi connectivity index (χ0) is 10.0. The maximum Gasteiger partial charge on any atom is 0.264 e. The van der Waals surface area contributed by atoms with Crippen molar-refractivity contribution in [2.75, 3.05) is 5.73 Å². The topological polar surface area (TPSA) is 26.0 Å². The number of nitrogen functional groups attached to an aromatic ring is 1. The summed E-state index contributed by atoms with van der Waals surface area (Å²) in [6.45, 7) is 0. The Balaban J connectivity index is 3.19. The number of benzene rings is 1. The molecule has 0 aliphatic rings. The van der Waals surface area contributed by atoms with E-state index in [0.29, 0.717) is 0 Å². The summed E-state index contributed by atoms with van der Waals surface area (Å²) in [7, 11) is 0. The number of halogens is 4. The summed E-state index contributed by atoms with van der Waals surface area (Å²) in [5.74, 6) is 0. The SMILES string of the molecule is Nc1ccc(C(F)F)c(C(F)F)c1. The lowest BCUT2D eigenvalue weighted by Crippen LogP contribution is -1.97. The van der Waals surface area contributed by atoms with E-state index in [9.17, 15) is 17.6 Å². The van der Waals surface area contributed by atoms with Gasteiger partial charge in [-0.3, -0.25) is 0 Å². The Morgan fingerprint density at radius 3 is 1.92 bits per heavy atom. The number of hydrogen-bond acceptors (Lipinski definition) is 1. The van der Waals surface area contributed by atoms with Crippen LogP contribution in [0.4, 0.5) is 23.2 Å². The van der Waals surface area contributed by atoms with Gasteiger partial charge in [-0.1, -0.05) is 6.07 Å². The molecule has 0 aliphatic carbocycles. The third-order valence-corrected chi connectivity index (χ3v) is 1.58. The van der Waals surface area contributed by atoms with Crippen LogP contribution in [0.1, 0.15) is 24.0 Å². The van der Waals surface area contributed by atoms with Gasteiger partial charge in [-0.2, -0.15) is 0 Å². The van der Waals surface area contributed by atoms with Crippen LogP contribution in [0.2, 0.25) is 0 Å². The Morgan fingerprint density at radius 1 is 0.923 bits per heavy atom. The Hall–Kier alpha value is -1.26. The Morgan fingerprint density at radius 2 is 1.46 bits per heavy atom. The molecule has 0 amide bonds. The predicted octanol–water partition coefficient (Wildman–Crippen LogP) is 3.14. The molecule has 0 heterocycles. The maximum absolute atomic E-state index is 12.2. The second-order valence-electron chi connectivity index (χ2n) is 2.49. The first-order valence-corrected chi connectivity index (χ1v) is 3.48. The number of anilines is 1. The van der Waals surface area contributed by atoms with Crippen LogP contribution in [0, 0.1) is 0 Å². The summed E-state index contributed by atoms with van der Waals surface area (Å²) in [6.07, 6.45) is -5.82. The molecule has 1 nitrogen and oxygen atoms in total. The second kappa shape index (κ2) is 3.64. The van der Waals surface area contributed by atoms with Gasteiger partial charge in [0.2, 0.25) is 0 Å². The average Bonchev–Trinajstić information content (AvgIpc) is 2.03. The summed E-state index contributed by atoms with van der Waals surface area (Å²) in [4.78, 5) is 0. The van der Waals surface area contributed by atoms with E-state index >= 15 is 0 Å². The summed E-state index contributed by atoms with van der Waals surface area (Å²) >= 11 is 0. The average molecular weight is 193 g/mol. The summed E-state index contributed by atoms with van der Waals surface area (Å²) in [6, 6.07) is 2.96. The molecule has 0 aromatic heterocycles. The van der Waals surface area contributed by atoms with Crippen molar-refractivity contribution in [1.82, 2.24) is 0 Å². The quantitative estimate of drug-likeness (QED) is 0.566. The number of hydrogen-bond donors (Lipinski definition) is 1. The fourth-order valence-corrected chi connectivity index (χ4v) is 0.981. The molecule has 72 valence electrons. The molecular weight excluding hydrogens is 186 g/mol. The van der Waals surface area contributed by atoms with Gasteiger partial charge in [0, 0.05) is 16.8 Å². The first-order chi connectivity index (χ1) is 6.02. The highest BCUT2D eigenvalue weighted by molar-refractivity contribution is 5.45. The number of alkyl halides is 4. The van der Waals surface area contributed by atoms with Crippen LogP contribution in [0.5, 0.6) is 0 Å². The van der Waals surface area contributed by atoms with Crippen molar-refractivity contribution >= 4 is 5.69 Å². The van der Waals surface area contributed by atoms with E-state index in [1.165, 1.54) is 6.07 Å². The zero-order valence-electron chi connectivity index (χ0n) is 6.48. The highest BCUT2D eigenvalue weighted by atomic mass is 19.3. The van der Waals surface area contributed by atoms with Crippen molar-refractivity contribution in [2.45, 2.75) is 12.9 Å². The fourth-order valence-electron chi connectivity index (χ4n) is 0.981. The van der Waals surface area contributed by atoms with Crippen molar-refractivity contribution in [2.24, 2.45) is 0 Å². The van der Waals surface area contributed by atoms with Gasteiger partial charge in [0.15, 0.2) is 0 Å². The monoisotopic (exact) mass is 193 g/mol. The molecule has 0 saturated heterocycles. The van der Waals surface area contributed by atoms with Gasteiger partial charge in [-0.25, -0.2) is 17.6 Å². The molecule has 0 atom stereocenters. The van der Waals surface area contributed by atoms with Gasteiger partial charge in [0.05, 0.1) is 0 Å². The predicted molar refractivity (Wildman–Crippen MR) is 40.8 cm³/mol. The van der Waals surface area contributed by atoms with Crippen LogP contribution in [0.25, 0.3) is 0 Å². The fraction of sp³-hybridized carbons (Fsp3) is 0.250. The van der Waals surface area contributed by atoms with Crippen LogP contribution in [0.15, 0.2) is 18.2 Å². The standard InChI is InChI=1S/C8H7F4N/c9-7(10)5-2-1-4(13)3-6(5)8(11)12/h1-3,7-8H,13H2. The highest BCUT2D eigenvalue weighted by Crippen LogP contribution is 2.31. The molecule has 1 aromatic carbocycles. The summed E-state index contributed by atoms with van der Waals surface area (Å²) in [5.41, 5.74) is 3.88. The lowest BCUT2D eigenvalue weighted by Gasteiger charge is -2.08. The molecule has 0 bridgehead atoms. The molecule has 0 fully saturated rings. The minimum atomic E-state index is -2.92. The summed E-state index contributed by atoms with van der Waals surface area (Å²) in [5, 5.41) is 0. The zero-order valence-corrected chi connectivity index (χ0v) is 6.48. The van der Waals surface area contributed by atoms with Crippen molar-refractivity contribution in [1.29, 1.82) is 0 Å². The van der Waals surface area contributed by atoms with E-state index in [2.05, 4.69) is 0 Å². The molecule has 5 heteroatoms. The molecule has 0 aliphatic heterocycles. The Bertz CT molecular complexity index is 298. The van der Waals surface area contributed by atoms with E-state index in [4.69, 9.17) is 5.73 Å². The normalized spacial score (nSPS) is 11.2. The molecule has 1 aromatic rings. The third kappa shape index (κ3) is 2.11. The molecule has 0 saturated carbocycles. The second-order valence-corrected chi connectivity index (χ2v) is 2.49. The lowest BCUT2D eigenvalue weighted by molar-refractivity contribution is 0.124. The molecule has 2 N–H and O–H groups in total. The van der Waals surface area contributed by atoms with Crippen molar-refractivity contribution in [3.63, 3.8) is 0 Å². The highest BCUT2D eigenvalue weighted by Gasteiger charge is 2.19. The van der Waals surface area contributed by atoms with Crippen LogP contribution >= 0.6 is 0 Å². The third-order valence-electron chi connectivity index (χ3n) is 1.58. The van der Waals surface area contributed by atoms with Gasteiger partial charge in [0.25, 0.3) is 12.9 Å². The van der Waals surface area contributed by atoms with Crippen LogP contribution in [-0.2, 0) is 0 Å². The molecule has 0 unspecified atom stereocenters. The molecule has 13 heavy (non-hydrogen) atoms. The van der Waals surface area contributed by atoms with E-state index in [-0.39, 0.29) is 5.69 Å². The first kappa shape index (κ1) is 9.83. The first-order valence-electron chi connectivity index (χ1n) is 3.48. The van der Waals surface area contributed by atoms with Crippen LogP contribution < -0.4 is 5.73 Å². The summed E-state index contributed by atoms with van der Waals surface area (Å²) < 4.78 is 48.6. The van der Waals surface area contributed by atoms with Crippen molar-refractivity contribution in [3.05, 3.63) is 29.3 Å². The minimum absolute atomic E-state index is 0.0553. The van der Waals surface area contributed by atoms with Crippen LogP contribution in [-0.4, -0.2) is 0 Å². The van der Waals surface area contributed by atoms with Crippen molar-refractivity contribution in [3.8, 4) is 0 Å². The molecule has 0 radical (unpaired) electrons. The number of nitrogens with two attached hydrogens (primary N) is 1.